The molecule has 2 aliphatic heterocycles. The number of nitrogens with zero attached hydrogens (tertiary/aromatic N) is 1. The van der Waals surface area contributed by atoms with E-state index < -0.39 is 0 Å². The molecule has 0 spiro atoms. The van der Waals surface area contributed by atoms with Crippen LogP contribution in [-0.2, 0) is 9.53 Å². The van der Waals surface area contributed by atoms with Gasteiger partial charge >= 0.3 is 0 Å². The van der Waals surface area contributed by atoms with Crippen molar-refractivity contribution in [2.45, 2.75) is 37.5 Å². The minimum absolute atomic E-state index is 0.116. The molecule has 2 saturated heterocycles. The van der Waals surface area contributed by atoms with Crippen molar-refractivity contribution < 1.29 is 9.53 Å². The second-order valence-corrected chi connectivity index (χ2v) is 6.24. The summed E-state index contributed by atoms with van der Waals surface area (Å²) in [6.45, 7) is 1.58. The molecule has 21 heavy (non-hydrogen) atoms. The summed E-state index contributed by atoms with van der Waals surface area (Å²) in [6.07, 6.45) is 2.95. The summed E-state index contributed by atoms with van der Waals surface area (Å²) in [6, 6.07) is 7.88. The molecule has 114 valence electrons. The lowest BCUT2D eigenvalue weighted by molar-refractivity contribution is -0.134. The van der Waals surface area contributed by atoms with Gasteiger partial charge in [-0.2, -0.15) is 0 Å². The van der Waals surface area contributed by atoms with E-state index in [1.807, 2.05) is 23.1 Å². The molecule has 0 radical (unpaired) electrons. The van der Waals surface area contributed by atoms with Gasteiger partial charge in [0.1, 0.15) is 0 Å². The van der Waals surface area contributed by atoms with E-state index in [1.54, 1.807) is 7.11 Å². The molecule has 3 unspecified atom stereocenters. The van der Waals surface area contributed by atoms with E-state index in [0.29, 0.717) is 0 Å². The topological polar surface area (TPSA) is 41.6 Å². The number of likely N-dealkylation sites (tertiary alicyclic amines) is 1. The van der Waals surface area contributed by atoms with Crippen molar-refractivity contribution in [2.24, 2.45) is 0 Å². The number of benzene rings is 1. The Morgan fingerprint density at radius 3 is 3.05 bits per heavy atom. The minimum Gasteiger partial charge on any atom is -0.380 e. The van der Waals surface area contributed by atoms with Gasteiger partial charge in [-0.3, -0.25) is 4.79 Å². The normalized spacial score (nSPS) is 29.0. The summed E-state index contributed by atoms with van der Waals surface area (Å²) in [5, 5.41) is 4.00. The number of halogens is 1. The summed E-state index contributed by atoms with van der Waals surface area (Å²) >= 11 is 6.08. The Bertz CT molecular complexity index is 523. The molecule has 0 aliphatic carbocycles. The fourth-order valence-corrected chi connectivity index (χ4v) is 3.56. The Kier molecular flexibility index (Phi) is 4.48. The van der Waals surface area contributed by atoms with Crippen molar-refractivity contribution >= 4 is 17.5 Å². The standard InChI is InChI=1S/C16H21ClN2O2/c1-21-13-9-14(18-10-13)16(20)19-7-3-6-15(19)11-4-2-5-12(17)8-11/h2,4-5,8,13-15,18H,3,6-7,9-10H2,1H3. The third kappa shape index (κ3) is 3.07. The summed E-state index contributed by atoms with van der Waals surface area (Å²) in [4.78, 5) is 14.8. The summed E-state index contributed by atoms with van der Waals surface area (Å²) < 4.78 is 5.33. The van der Waals surface area contributed by atoms with Crippen LogP contribution >= 0.6 is 11.6 Å². The van der Waals surface area contributed by atoms with Gasteiger partial charge in [-0.25, -0.2) is 0 Å². The smallest absolute Gasteiger partial charge is 0.240 e. The Morgan fingerprint density at radius 1 is 1.48 bits per heavy atom. The highest BCUT2D eigenvalue weighted by molar-refractivity contribution is 6.30. The van der Waals surface area contributed by atoms with E-state index in [9.17, 15) is 4.79 Å². The molecule has 5 heteroatoms. The fourth-order valence-electron chi connectivity index (χ4n) is 3.36. The lowest BCUT2D eigenvalue weighted by atomic mass is 10.0. The quantitative estimate of drug-likeness (QED) is 0.932. The SMILES string of the molecule is COC1CNC(C(=O)N2CCCC2c2cccc(Cl)c2)C1. The molecule has 3 atom stereocenters. The van der Waals surface area contributed by atoms with Gasteiger partial charge in [-0.05, 0) is 37.0 Å². The van der Waals surface area contributed by atoms with Crippen molar-refractivity contribution in [1.82, 2.24) is 10.2 Å². The third-order valence-electron chi connectivity index (χ3n) is 4.49. The number of carbonyl (C=O) groups excluding carboxylic acids is 1. The predicted octanol–water partition coefficient (Wildman–Crippen LogP) is 2.38. The number of hydrogen-bond donors (Lipinski definition) is 1. The maximum Gasteiger partial charge on any atom is 0.240 e. The van der Waals surface area contributed by atoms with Crippen LogP contribution in [0.5, 0.6) is 0 Å². The molecule has 0 saturated carbocycles. The van der Waals surface area contributed by atoms with E-state index >= 15 is 0 Å². The Labute approximate surface area is 130 Å². The van der Waals surface area contributed by atoms with Crippen LogP contribution in [-0.4, -0.2) is 43.2 Å². The summed E-state index contributed by atoms with van der Waals surface area (Å²) in [5.74, 6) is 0.192. The van der Waals surface area contributed by atoms with Crippen LogP contribution in [0.3, 0.4) is 0 Å². The molecule has 1 amide bonds. The number of carbonyl (C=O) groups is 1. The highest BCUT2D eigenvalue weighted by Crippen LogP contribution is 2.34. The second-order valence-electron chi connectivity index (χ2n) is 5.80. The molecular weight excluding hydrogens is 288 g/mol. The highest BCUT2D eigenvalue weighted by atomic mass is 35.5. The van der Waals surface area contributed by atoms with E-state index in [-0.39, 0.29) is 24.1 Å². The first-order valence-corrected chi connectivity index (χ1v) is 7.89. The first kappa shape index (κ1) is 14.8. The molecular formula is C16H21ClN2O2. The van der Waals surface area contributed by atoms with Crippen LogP contribution < -0.4 is 5.32 Å². The highest BCUT2D eigenvalue weighted by Gasteiger charge is 2.37. The van der Waals surface area contributed by atoms with Gasteiger partial charge in [-0.1, -0.05) is 23.7 Å². The Balaban J connectivity index is 1.73. The maximum atomic E-state index is 12.8. The molecule has 1 N–H and O–H groups in total. The van der Waals surface area contributed by atoms with Gasteiger partial charge in [0.15, 0.2) is 0 Å². The van der Waals surface area contributed by atoms with Crippen molar-refractivity contribution in [1.29, 1.82) is 0 Å². The van der Waals surface area contributed by atoms with Gasteiger partial charge in [0, 0.05) is 25.2 Å². The van der Waals surface area contributed by atoms with Gasteiger partial charge < -0.3 is 15.0 Å². The third-order valence-corrected chi connectivity index (χ3v) is 4.73. The number of amides is 1. The molecule has 3 rings (SSSR count). The molecule has 4 nitrogen and oxygen atoms in total. The van der Waals surface area contributed by atoms with E-state index in [4.69, 9.17) is 16.3 Å². The number of rotatable bonds is 3. The summed E-state index contributed by atoms with van der Waals surface area (Å²) in [7, 11) is 1.70. The second kappa shape index (κ2) is 6.34. The van der Waals surface area contributed by atoms with Gasteiger partial charge in [-0.15, -0.1) is 0 Å². The molecule has 2 fully saturated rings. The number of hydrogen-bond acceptors (Lipinski definition) is 3. The van der Waals surface area contributed by atoms with Crippen molar-refractivity contribution in [2.75, 3.05) is 20.2 Å². The average molecular weight is 309 g/mol. The lowest BCUT2D eigenvalue weighted by Crippen LogP contribution is -2.43. The van der Waals surface area contributed by atoms with Crippen LogP contribution in [0.25, 0.3) is 0 Å². The number of methoxy groups -OCH3 is 1. The van der Waals surface area contributed by atoms with Gasteiger partial charge in [0.05, 0.1) is 18.2 Å². The summed E-state index contributed by atoms with van der Waals surface area (Å²) in [5.41, 5.74) is 1.13. The Morgan fingerprint density at radius 2 is 2.33 bits per heavy atom. The molecule has 0 aromatic heterocycles. The average Bonchev–Trinajstić information content (AvgIpc) is 3.15. The van der Waals surface area contributed by atoms with Gasteiger partial charge in [0.25, 0.3) is 0 Å². The van der Waals surface area contributed by atoms with Crippen molar-refractivity contribution in [3.05, 3.63) is 34.9 Å². The van der Waals surface area contributed by atoms with Crippen molar-refractivity contribution in [3.63, 3.8) is 0 Å². The lowest BCUT2D eigenvalue weighted by Gasteiger charge is -2.28. The van der Waals surface area contributed by atoms with Crippen LogP contribution in [0.15, 0.2) is 24.3 Å². The number of ether oxygens (including phenoxy) is 1. The number of nitrogens with one attached hydrogen (secondary N) is 1. The van der Waals surface area contributed by atoms with E-state index in [1.165, 1.54) is 0 Å². The van der Waals surface area contributed by atoms with Gasteiger partial charge in [0.2, 0.25) is 5.91 Å². The largest absolute Gasteiger partial charge is 0.380 e. The first-order chi connectivity index (χ1) is 10.2. The Hall–Kier alpha value is -1.10. The van der Waals surface area contributed by atoms with Crippen LogP contribution in [0.2, 0.25) is 5.02 Å². The van der Waals surface area contributed by atoms with Crippen molar-refractivity contribution in [3.8, 4) is 0 Å². The van der Waals surface area contributed by atoms with E-state index in [2.05, 4.69) is 11.4 Å². The van der Waals surface area contributed by atoms with Crippen LogP contribution in [0.4, 0.5) is 0 Å². The molecule has 0 bridgehead atoms. The fraction of sp³-hybridized carbons (Fsp3) is 0.562. The molecule has 1 aromatic rings. The monoisotopic (exact) mass is 308 g/mol. The molecule has 1 aromatic carbocycles. The zero-order valence-electron chi connectivity index (χ0n) is 12.2. The predicted molar refractivity (Wildman–Crippen MR) is 82.3 cm³/mol. The van der Waals surface area contributed by atoms with Crippen LogP contribution in [0, 0.1) is 0 Å². The first-order valence-electron chi connectivity index (χ1n) is 7.51. The van der Waals surface area contributed by atoms with E-state index in [0.717, 1.165) is 42.9 Å². The maximum absolute atomic E-state index is 12.8. The molecule has 2 aliphatic rings. The van der Waals surface area contributed by atoms with Crippen LogP contribution in [0.1, 0.15) is 30.9 Å². The zero-order valence-corrected chi connectivity index (χ0v) is 13.0. The minimum atomic E-state index is -0.116. The zero-order chi connectivity index (χ0) is 14.8. The molecule has 2 heterocycles.